The Hall–Kier alpha value is -3.19. The lowest BCUT2D eigenvalue weighted by Crippen LogP contribution is -2.44. The molecule has 0 aliphatic carbocycles. The van der Waals surface area contributed by atoms with Crippen LogP contribution in [0.3, 0.4) is 0 Å². The van der Waals surface area contributed by atoms with Crippen LogP contribution >= 0.6 is 0 Å². The molecule has 172 valence electrons. The molecule has 1 amide bonds. The molecule has 1 aliphatic rings. The number of amides is 1. The van der Waals surface area contributed by atoms with Gasteiger partial charge in [-0.1, -0.05) is 18.2 Å². The van der Waals surface area contributed by atoms with E-state index in [0.717, 1.165) is 29.7 Å². The van der Waals surface area contributed by atoms with Crippen molar-refractivity contribution in [2.75, 3.05) is 48.2 Å². The number of benzene rings is 2. The van der Waals surface area contributed by atoms with E-state index in [4.69, 9.17) is 23.7 Å². The molecule has 1 saturated heterocycles. The Balaban J connectivity index is 1.76. The second-order valence-electron chi connectivity index (χ2n) is 7.60. The highest BCUT2D eigenvalue weighted by Crippen LogP contribution is 2.40. The number of carbonyl (C=O) groups excluding carboxylic acids is 1. The lowest BCUT2D eigenvalue weighted by Gasteiger charge is -2.38. The van der Waals surface area contributed by atoms with Crippen LogP contribution in [0.4, 0.5) is 0 Å². The first-order valence-electron chi connectivity index (χ1n) is 10.5. The summed E-state index contributed by atoms with van der Waals surface area (Å²) in [5.74, 6) is 2.22. The third kappa shape index (κ3) is 5.16. The molecule has 1 aliphatic heterocycles. The fourth-order valence-corrected chi connectivity index (χ4v) is 4.07. The zero-order valence-corrected chi connectivity index (χ0v) is 19.1. The van der Waals surface area contributed by atoms with Gasteiger partial charge in [0.1, 0.15) is 5.75 Å². The van der Waals surface area contributed by atoms with Crippen LogP contribution in [-0.2, 0) is 14.9 Å². The van der Waals surface area contributed by atoms with E-state index in [1.165, 1.54) is 6.08 Å². The Morgan fingerprint density at radius 1 is 0.969 bits per heavy atom. The summed E-state index contributed by atoms with van der Waals surface area (Å²) in [6.45, 7) is 1.79. The van der Waals surface area contributed by atoms with Crippen LogP contribution in [0.5, 0.6) is 23.0 Å². The Morgan fingerprint density at radius 2 is 1.59 bits per heavy atom. The van der Waals surface area contributed by atoms with Gasteiger partial charge in [-0.2, -0.15) is 0 Å². The number of hydrogen-bond acceptors (Lipinski definition) is 6. The van der Waals surface area contributed by atoms with Crippen molar-refractivity contribution >= 4 is 12.0 Å². The number of methoxy groups -OCH3 is 4. The maximum atomic E-state index is 12.7. The van der Waals surface area contributed by atoms with Gasteiger partial charge in [-0.15, -0.1) is 0 Å². The molecule has 2 aromatic rings. The zero-order chi connectivity index (χ0) is 23.0. The molecule has 2 aromatic carbocycles. The van der Waals surface area contributed by atoms with E-state index in [2.05, 4.69) is 11.4 Å². The minimum atomic E-state index is -0.235. The summed E-state index contributed by atoms with van der Waals surface area (Å²) in [6.07, 6.45) is 4.85. The monoisotopic (exact) mass is 441 g/mol. The molecular weight excluding hydrogens is 410 g/mol. The average molecular weight is 442 g/mol. The van der Waals surface area contributed by atoms with Crippen molar-refractivity contribution in [3.8, 4) is 23.0 Å². The van der Waals surface area contributed by atoms with Gasteiger partial charge in [0.15, 0.2) is 11.5 Å². The Morgan fingerprint density at radius 3 is 2.19 bits per heavy atom. The molecule has 0 atom stereocenters. The molecule has 0 bridgehead atoms. The SMILES string of the molecule is COc1ccccc1C1(CNC(=O)/C=C/c2cc(OC)c(OC)c(OC)c2)CCOCC1. The fourth-order valence-electron chi connectivity index (χ4n) is 4.07. The highest BCUT2D eigenvalue weighted by Gasteiger charge is 2.36. The molecule has 7 heteroatoms. The van der Waals surface area contributed by atoms with Gasteiger partial charge >= 0.3 is 0 Å². The van der Waals surface area contributed by atoms with Crippen LogP contribution in [0.25, 0.3) is 6.08 Å². The lowest BCUT2D eigenvalue weighted by atomic mass is 9.73. The van der Waals surface area contributed by atoms with Crippen molar-refractivity contribution < 1.29 is 28.5 Å². The van der Waals surface area contributed by atoms with Crippen LogP contribution < -0.4 is 24.3 Å². The van der Waals surface area contributed by atoms with Crippen LogP contribution in [0.15, 0.2) is 42.5 Å². The average Bonchev–Trinajstić information content (AvgIpc) is 2.85. The number of carbonyl (C=O) groups is 1. The van der Waals surface area contributed by atoms with Crippen molar-refractivity contribution in [1.29, 1.82) is 0 Å². The van der Waals surface area contributed by atoms with E-state index < -0.39 is 0 Å². The molecule has 0 radical (unpaired) electrons. The summed E-state index contributed by atoms with van der Waals surface area (Å²) in [5.41, 5.74) is 1.63. The van der Waals surface area contributed by atoms with E-state index in [9.17, 15) is 4.79 Å². The second kappa shape index (κ2) is 10.9. The van der Waals surface area contributed by atoms with Crippen LogP contribution in [0.2, 0.25) is 0 Å². The minimum Gasteiger partial charge on any atom is -0.496 e. The summed E-state index contributed by atoms with van der Waals surface area (Å²) >= 11 is 0. The summed E-state index contributed by atoms with van der Waals surface area (Å²) < 4.78 is 27.3. The molecule has 0 saturated carbocycles. The minimum absolute atomic E-state index is 0.181. The molecule has 0 spiro atoms. The predicted octanol–water partition coefficient (Wildman–Crippen LogP) is 3.60. The number of hydrogen-bond donors (Lipinski definition) is 1. The van der Waals surface area contributed by atoms with Gasteiger partial charge in [-0.25, -0.2) is 0 Å². The largest absolute Gasteiger partial charge is 0.496 e. The van der Waals surface area contributed by atoms with E-state index in [1.807, 2.05) is 18.2 Å². The van der Waals surface area contributed by atoms with Gasteiger partial charge in [-0.3, -0.25) is 4.79 Å². The summed E-state index contributed by atoms with van der Waals surface area (Å²) in [6, 6.07) is 11.6. The van der Waals surface area contributed by atoms with E-state index in [0.29, 0.717) is 37.0 Å². The highest BCUT2D eigenvalue weighted by molar-refractivity contribution is 5.92. The van der Waals surface area contributed by atoms with Gasteiger partial charge in [0.05, 0.1) is 28.4 Å². The fraction of sp³-hybridized carbons (Fsp3) is 0.400. The number of rotatable bonds is 9. The van der Waals surface area contributed by atoms with Crippen molar-refractivity contribution in [1.82, 2.24) is 5.32 Å². The first kappa shape index (κ1) is 23.5. The molecule has 3 rings (SSSR count). The molecule has 1 N–H and O–H groups in total. The van der Waals surface area contributed by atoms with E-state index in [-0.39, 0.29) is 11.3 Å². The van der Waals surface area contributed by atoms with Crippen molar-refractivity contribution in [3.05, 3.63) is 53.6 Å². The number of para-hydroxylation sites is 1. The van der Waals surface area contributed by atoms with Crippen molar-refractivity contribution in [3.63, 3.8) is 0 Å². The first-order chi connectivity index (χ1) is 15.6. The first-order valence-corrected chi connectivity index (χ1v) is 10.5. The van der Waals surface area contributed by atoms with Gasteiger partial charge in [-0.05, 0) is 42.7 Å². The zero-order valence-electron chi connectivity index (χ0n) is 19.1. The molecule has 7 nitrogen and oxygen atoms in total. The topological polar surface area (TPSA) is 75.3 Å². The summed E-state index contributed by atoms with van der Waals surface area (Å²) in [7, 11) is 6.34. The van der Waals surface area contributed by atoms with Gasteiger partial charge < -0.3 is 29.0 Å². The van der Waals surface area contributed by atoms with Crippen LogP contribution in [0, 0.1) is 0 Å². The number of nitrogens with one attached hydrogen (secondary N) is 1. The summed E-state index contributed by atoms with van der Waals surface area (Å²) in [4.78, 5) is 12.7. The number of ether oxygens (including phenoxy) is 5. The van der Waals surface area contributed by atoms with Gasteiger partial charge in [0, 0.05) is 36.8 Å². The molecule has 1 heterocycles. The Kier molecular flexibility index (Phi) is 8.00. The Labute approximate surface area is 189 Å². The second-order valence-corrected chi connectivity index (χ2v) is 7.60. The lowest BCUT2D eigenvalue weighted by molar-refractivity contribution is -0.116. The molecule has 1 fully saturated rings. The van der Waals surface area contributed by atoms with Crippen molar-refractivity contribution in [2.24, 2.45) is 0 Å². The molecule has 0 aromatic heterocycles. The van der Waals surface area contributed by atoms with Gasteiger partial charge in [0.2, 0.25) is 11.7 Å². The third-order valence-corrected chi connectivity index (χ3v) is 5.84. The van der Waals surface area contributed by atoms with Crippen molar-refractivity contribution in [2.45, 2.75) is 18.3 Å². The maximum absolute atomic E-state index is 12.7. The van der Waals surface area contributed by atoms with E-state index in [1.54, 1.807) is 46.6 Å². The van der Waals surface area contributed by atoms with E-state index >= 15 is 0 Å². The third-order valence-electron chi connectivity index (χ3n) is 5.84. The maximum Gasteiger partial charge on any atom is 0.244 e. The summed E-state index contributed by atoms with van der Waals surface area (Å²) in [5, 5.41) is 3.07. The molecule has 32 heavy (non-hydrogen) atoms. The standard InChI is InChI=1S/C25H31NO6/c1-28-20-8-6-5-7-19(20)25(11-13-32-14-12-25)17-26-23(27)10-9-18-15-21(29-2)24(31-4)22(16-18)30-3/h5-10,15-16H,11-14,17H2,1-4H3,(H,26,27)/b10-9+. The molecule has 0 unspecified atom stereocenters. The Bertz CT molecular complexity index is 924. The molecular formula is C25H31NO6. The smallest absolute Gasteiger partial charge is 0.244 e. The van der Waals surface area contributed by atoms with Crippen LogP contribution in [0.1, 0.15) is 24.0 Å². The quantitative estimate of drug-likeness (QED) is 0.600. The van der Waals surface area contributed by atoms with Crippen LogP contribution in [-0.4, -0.2) is 54.1 Å². The highest BCUT2D eigenvalue weighted by atomic mass is 16.5. The van der Waals surface area contributed by atoms with Gasteiger partial charge in [0.25, 0.3) is 0 Å². The predicted molar refractivity (Wildman–Crippen MR) is 123 cm³/mol. The normalized spacial score (nSPS) is 15.2.